The number of fused-ring (bicyclic) bond motifs is 1. The SMILES string of the molecule is CCCN(C(=O)C(F)(F)F)[C@H]1C[C@@H](n2cnc3c(NCC(c4ccccc4)c4ccccc4)nc(N4CC[C@@H](NC(=O)NC5CCNC5)C4)nc32)[C@H](O)[C@@H]1O. The molecule has 55 heavy (non-hydrogen) atoms. The zero-order valence-electron chi connectivity index (χ0n) is 30.5. The molecule has 2 aromatic heterocycles. The molecule has 1 saturated carbocycles. The summed E-state index contributed by atoms with van der Waals surface area (Å²) in [6.07, 6.45) is -5.31. The van der Waals surface area contributed by atoms with Crippen LogP contribution in [-0.2, 0) is 4.79 Å². The first-order valence-corrected chi connectivity index (χ1v) is 18.9. The summed E-state index contributed by atoms with van der Waals surface area (Å²) in [4.78, 5) is 42.3. The summed E-state index contributed by atoms with van der Waals surface area (Å²) >= 11 is 0. The number of aliphatic hydroxyl groups excluding tert-OH is 2. The quantitative estimate of drug-likeness (QED) is 0.126. The molecule has 3 amide bonds. The van der Waals surface area contributed by atoms with Crippen LogP contribution >= 0.6 is 0 Å². The third kappa shape index (κ3) is 8.33. The fraction of sp³-hybridized carbons (Fsp3) is 0.500. The fourth-order valence-electron chi connectivity index (χ4n) is 8.05. The van der Waals surface area contributed by atoms with Crippen LogP contribution in [0.2, 0.25) is 0 Å². The molecule has 0 radical (unpaired) electrons. The number of benzene rings is 2. The molecule has 1 aliphatic carbocycles. The average Bonchev–Trinajstić information content (AvgIpc) is 4.00. The number of aromatic nitrogens is 4. The average molecular weight is 765 g/mol. The second-order valence-electron chi connectivity index (χ2n) is 14.5. The minimum atomic E-state index is -5.14. The molecular formula is C38H47F3N10O4. The van der Waals surface area contributed by atoms with Gasteiger partial charge in [-0.1, -0.05) is 67.6 Å². The summed E-state index contributed by atoms with van der Waals surface area (Å²) in [5, 5.41) is 35.2. The number of hydrogen-bond acceptors (Lipinski definition) is 10. The minimum absolute atomic E-state index is 0.0671. The van der Waals surface area contributed by atoms with E-state index in [1.165, 1.54) is 6.33 Å². The van der Waals surface area contributed by atoms with Gasteiger partial charge in [-0.05, 0) is 43.4 Å². The van der Waals surface area contributed by atoms with E-state index >= 15 is 0 Å². The van der Waals surface area contributed by atoms with E-state index in [1.54, 1.807) is 11.5 Å². The Kier molecular flexibility index (Phi) is 11.4. The Labute approximate surface area is 316 Å². The number of rotatable bonds is 12. The van der Waals surface area contributed by atoms with Gasteiger partial charge in [0.15, 0.2) is 17.0 Å². The summed E-state index contributed by atoms with van der Waals surface area (Å²) in [6.45, 7) is 4.35. The molecule has 6 atom stereocenters. The highest BCUT2D eigenvalue weighted by Crippen LogP contribution is 2.38. The van der Waals surface area contributed by atoms with Crippen molar-refractivity contribution in [1.82, 2.24) is 40.4 Å². The maximum absolute atomic E-state index is 13.6. The molecule has 1 unspecified atom stereocenters. The van der Waals surface area contributed by atoms with Crippen molar-refractivity contribution >= 4 is 34.9 Å². The number of nitrogens with zero attached hydrogens (tertiary/aromatic N) is 6. The van der Waals surface area contributed by atoms with Crippen molar-refractivity contribution < 1.29 is 33.0 Å². The molecule has 14 nitrogen and oxygen atoms in total. The number of aliphatic hydroxyl groups is 2. The Morgan fingerprint density at radius 2 is 1.67 bits per heavy atom. The predicted molar refractivity (Wildman–Crippen MR) is 200 cm³/mol. The zero-order chi connectivity index (χ0) is 38.7. The van der Waals surface area contributed by atoms with Crippen molar-refractivity contribution in [3.63, 3.8) is 0 Å². The van der Waals surface area contributed by atoms with Gasteiger partial charge in [0.25, 0.3) is 0 Å². The van der Waals surface area contributed by atoms with Crippen LogP contribution in [-0.4, -0.2) is 122 Å². The number of nitrogens with one attached hydrogen (secondary N) is 4. The van der Waals surface area contributed by atoms with Crippen molar-refractivity contribution in [2.75, 3.05) is 49.5 Å². The number of amides is 3. The molecule has 3 aliphatic rings. The summed E-state index contributed by atoms with van der Waals surface area (Å²) in [5.41, 5.74) is 2.82. The second-order valence-corrected chi connectivity index (χ2v) is 14.5. The third-order valence-corrected chi connectivity index (χ3v) is 10.8. The van der Waals surface area contributed by atoms with Gasteiger partial charge in [-0.15, -0.1) is 0 Å². The molecular weight excluding hydrogens is 717 g/mol. The zero-order valence-corrected chi connectivity index (χ0v) is 30.5. The first kappa shape index (κ1) is 38.3. The van der Waals surface area contributed by atoms with E-state index in [0.29, 0.717) is 53.9 Å². The van der Waals surface area contributed by atoms with E-state index in [2.05, 4.69) is 50.5 Å². The van der Waals surface area contributed by atoms with Crippen LogP contribution in [0.15, 0.2) is 67.0 Å². The highest BCUT2D eigenvalue weighted by atomic mass is 19.4. The second kappa shape index (κ2) is 16.4. The lowest BCUT2D eigenvalue weighted by Gasteiger charge is -2.31. The van der Waals surface area contributed by atoms with E-state index in [0.717, 1.165) is 30.6 Å². The first-order valence-electron chi connectivity index (χ1n) is 18.9. The summed E-state index contributed by atoms with van der Waals surface area (Å²) in [6, 6.07) is 17.5. The Morgan fingerprint density at radius 3 is 2.31 bits per heavy atom. The van der Waals surface area contributed by atoms with Crippen LogP contribution in [0.25, 0.3) is 11.2 Å². The topological polar surface area (TPSA) is 173 Å². The Bertz CT molecular complexity index is 1890. The number of halogens is 3. The summed E-state index contributed by atoms with van der Waals surface area (Å²) in [5.74, 6) is -1.39. The number of urea groups is 1. The van der Waals surface area contributed by atoms with E-state index in [9.17, 15) is 33.0 Å². The lowest BCUT2D eigenvalue weighted by Crippen LogP contribution is -2.51. The lowest BCUT2D eigenvalue weighted by atomic mass is 9.91. The molecule has 294 valence electrons. The minimum Gasteiger partial charge on any atom is -0.388 e. The van der Waals surface area contributed by atoms with Crippen LogP contribution in [0.5, 0.6) is 0 Å². The van der Waals surface area contributed by atoms with Gasteiger partial charge in [0, 0.05) is 50.7 Å². The standard InChI is InChI=1S/C38H47F3N10O4/c1-2-16-50(35(54)38(39,40)41)28-18-29(32(53)31(28)52)51-22-44-30-33(43-20-27(23-9-5-3-6-10-23)24-11-7-4-8-12-24)47-36(48-34(30)51)49-17-14-26(21-49)46-37(55)45-25-13-15-42-19-25/h3-12,22,25-29,31-32,42,52-53H,2,13-21H2,1H3,(H,43,47,48)(H2,45,46,55)/t25?,26-,28+,29-,31-,32+/m1/s1. The predicted octanol–water partition coefficient (Wildman–Crippen LogP) is 3.15. The highest BCUT2D eigenvalue weighted by Gasteiger charge is 2.51. The molecule has 3 fully saturated rings. The van der Waals surface area contributed by atoms with Gasteiger partial charge in [0.05, 0.1) is 18.4 Å². The van der Waals surface area contributed by atoms with Crippen molar-refractivity contribution in [3.8, 4) is 0 Å². The molecule has 4 heterocycles. The Hall–Kier alpha value is -5.00. The Balaban J connectivity index is 1.20. The van der Waals surface area contributed by atoms with Crippen molar-refractivity contribution in [3.05, 3.63) is 78.1 Å². The maximum Gasteiger partial charge on any atom is 0.471 e. The van der Waals surface area contributed by atoms with Crippen molar-refractivity contribution in [2.45, 2.75) is 81.1 Å². The summed E-state index contributed by atoms with van der Waals surface area (Å²) < 4.78 is 42.5. The smallest absolute Gasteiger partial charge is 0.388 e. The molecule has 2 saturated heterocycles. The maximum atomic E-state index is 13.6. The van der Waals surface area contributed by atoms with Crippen LogP contribution in [0, 0.1) is 0 Å². The van der Waals surface area contributed by atoms with Gasteiger partial charge >= 0.3 is 18.1 Å². The number of carbonyl (C=O) groups is 2. The van der Waals surface area contributed by atoms with Gasteiger partial charge in [0.1, 0.15) is 12.2 Å². The van der Waals surface area contributed by atoms with Crippen LogP contribution in [0.3, 0.4) is 0 Å². The number of carbonyl (C=O) groups excluding carboxylic acids is 2. The number of hydrogen-bond donors (Lipinski definition) is 6. The molecule has 4 aromatic rings. The number of imidazole rings is 1. The fourth-order valence-corrected chi connectivity index (χ4v) is 8.05. The third-order valence-electron chi connectivity index (χ3n) is 10.8. The molecule has 6 N–H and O–H groups in total. The highest BCUT2D eigenvalue weighted by molar-refractivity contribution is 5.85. The Morgan fingerprint density at radius 1 is 0.982 bits per heavy atom. The number of alkyl halides is 3. The summed E-state index contributed by atoms with van der Waals surface area (Å²) in [7, 11) is 0. The van der Waals surface area contributed by atoms with E-state index in [1.807, 2.05) is 41.3 Å². The first-order chi connectivity index (χ1) is 26.5. The molecule has 0 spiro atoms. The van der Waals surface area contributed by atoms with Crippen LogP contribution < -0.4 is 26.2 Å². The van der Waals surface area contributed by atoms with Gasteiger partial charge in [-0.25, -0.2) is 9.78 Å². The normalized spacial score (nSPS) is 24.1. The van der Waals surface area contributed by atoms with E-state index < -0.39 is 36.4 Å². The molecule has 7 rings (SSSR count). The van der Waals surface area contributed by atoms with Crippen molar-refractivity contribution in [1.29, 1.82) is 0 Å². The van der Waals surface area contributed by atoms with Gasteiger partial charge < -0.3 is 45.8 Å². The van der Waals surface area contributed by atoms with E-state index in [-0.39, 0.29) is 43.4 Å². The lowest BCUT2D eigenvalue weighted by molar-refractivity contribution is -0.190. The molecule has 2 aromatic carbocycles. The van der Waals surface area contributed by atoms with Gasteiger partial charge in [0.2, 0.25) is 5.95 Å². The monoisotopic (exact) mass is 764 g/mol. The van der Waals surface area contributed by atoms with Gasteiger partial charge in [-0.3, -0.25) is 4.79 Å². The molecule has 0 bridgehead atoms. The largest absolute Gasteiger partial charge is 0.471 e. The number of anilines is 2. The van der Waals surface area contributed by atoms with Crippen LogP contribution in [0.4, 0.5) is 29.7 Å². The van der Waals surface area contributed by atoms with Crippen molar-refractivity contribution in [2.24, 2.45) is 0 Å². The molecule has 2 aliphatic heterocycles. The van der Waals surface area contributed by atoms with Gasteiger partial charge in [-0.2, -0.15) is 23.1 Å². The molecule has 17 heteroatoms. The van der Waals surface area contributed by atoms with E-state index in [4.69, 9.17) is 9.97 Å². The van der Waals surface area contributed by atoms with Crippen LogP contribution in [0.1, 0.15) is 55.7 Å².